The van der Waals surface area contributed by atoms with Crippen LogP contribution in [0.15, 0.2) is 4.47 Å². The lowest BCUT2D eigenvalue weighted by atomic mass is 9.99. The number of aryl methyl sites for hydroxylation is 2. The van der Waals surface area contributed by atoms with Gasteiger partial charge in [0.2, 0.25) is 0 Å². The number of Topliss-reactive ketones (excluding diaryl/α,β-unsaturated/α-hetero) is 1. The summed E-state index contributed by atoms with van der Waals surface area (Å²) < 4.78 is 8.01. The smallest absolute Gasteiger partial charge is 0.141 e. The van der Waals surface area contributed by atoms with E-state index in [1.165, 1.54) is 0 Å². The minimum absolute atomic E-state index is 0.160. The van der Waals surface area contributed by atoms with E-state index in [0.29, 0.717) is 12.8 Å². The molecule has 0 radical (unpaired) electrons. The molecule has 0 aliphatic heterocycles. The van der Waals surface area contributed by atoms with Crippen molar-refractivity contribution >= 4 is 21.7 Å². The summed E-state index contributed by atoms with van der Waals surface area (Å²) in [6.45, 7) is 5.88. The van der Waals surface area contributed by atoms with Gasteiger partial charge in [0.15, 0.2) is 0 Å². The normalized spacial score (nSPS) is 11.9. The summed E-state index contributed by atoms with van der Waals surface area (Å²) in [6, 6.07) is 0. The van der Waals surface area contributed by atoms with Gasteiger partial charge >= 0.3 is 0 Å². The van der Waals surface area contributed by atoms with E-state index >= 15 is 0 Å². The van der Waals surface area contributed by atoms with Crippen LogP contribution in [0.25, 0.3) is 0 Å². The molecule has 1 heterocycles. The van der Waals surface area contributed by atoms with Crippen LogP contribution < -0.4 is 0 Å². The molecule has 1 aromatic rings. The van der Waals surface area contributed by atoms with E-state index < -0.39 is 5.60 Å². The van der Waals surface area contributed by atoms with E-state index in [2.05, 4.69) is 21.0 Å². The molecule has 0 N–H and O–H groups in total. The fraction of sp³-hybridized carbons (Fsp3) is 0.692. The van der Waals surface area contributed by atoms with E-state index in [-0.39, 0.29) is 5.78 Å². The molecule has 0 atom stereocenters. The molecular formula is C13H21BrN2O2. The zero-order valence-corrected chi connectivity index (χ0v) is 13.3. The lowest BCUT2D eigenvalue weighted by Gasteiger charge is -2.21. The Hall–Kier alpha value is -0.680. The van der Waals surface area contributed by atoms with Gasteiger partial charge in [0.05, 0.1) is 21.5 Å². The molecule has 0 aliphatic rings. The first-order valence-electron chi connectivity index (χ1n) is 6.07. The molecule has 1 aromatic heterocycles. The summed E-state index contributed by atoms with van der Waals surface area (Å²) in [6.07, 6.45) is 1.64. The Balaban J connectivity index is 2.79. The maximum atomic E-state index is 12.0. The Morgan fingerprint density at radius 3 is 2.56 bits per heavy atom. The predicted octanol–water partition coefficient (Wildman–Crippen LogP) is 2.67. The van der Waals surface area contributed by atoms with Crippen molar-refractivity contribution in [2.24, 2.45) is 7.05 Å². The molecule has 0 aromatic carbocycles. The van der Waals surface area contributed by atoms with Crippen molar-refractivity contribution in [3.05, 3.63) is 15.9 Å². The van der Waals surface area contributed by atoms with E-state index in [9.17, 15) is 4.79 Å². The second-order valence-electron chi connectivity index (χ2n) is 5.04. The Bertz CT molecular complexity index is 438. The average Bonchev–Trinajstić information content (AvgIpc) is 2.56. The number of methoxy groups -OCH3 is 1. The van der Waals surface area contributed by atoms with Crippen molar-refractivity contribution in [2.75, 3.05) is 7.11 Å². The topological polar surface area (TPSA) is 44.1 Å². The number of carbonyl (C=O) groups is 1. The third-order valence-corrected chi connectivity index (χ3v) is 3.96. The van der Waals surface area contributed by atoms with Gasteiger partial charge in [-0.25, -0.2) is 0 Å². The van der Waals surface area contributed by atoms with Gasteiger partial charge in [0.1, 0.15) is 5.78 Å². The quantitative estimate of drug-likeness (QED) is 0.810. The minimum atomic E-state index is -0.407. The van der Waals surface area contributed by atoms with Crippen molar-refractivity contribution in [1.82, 2.24) is 9.78 Å². The third-order valence-electron chi connectivity index (χ3n) is 3.04. The molecule has 0 bridgehead atoms. The summed E-state index contributed by atoms with van der Waals surface area (Å²) in [4.78, 5) is 12.0. The first-order chi connectivity index (χ1) is 8.30. The highest BCUT2D eigenvalue weighted by atomic mass is 79.9. The Labute approximate surface area is 117 Å². The number of nitrogens with zero attached hydrogens (tertiary/aromatic N) is 2. The summed E-state index contributed by atoms with van der Waals surface area (Å²) in [5.41, 5.74) is 1.52. The molecule has 0 unspecified atom stereocenters. The zero-order chi connectivity index (χ0) is 13.9. The molecule has 0 spiro atoms. The summed E-state index contributed by atoms with van der Waals surface area (Å²) in [5.74, 6) is 0.160. The second kappa shape index (κ2) is 5.97. The van der Waals surface area contributed by atoms with Crippen LogP contribution in [0.1, 0.15) is 38.6 Å². The number of aromatic nitrogens is 2. The van der Waals surface area contributed by atoms with Crippen LogP contribution in [0.3, 0.4) is 0 Å². The molecule has 0 fully saturated rings. The number of hydrogen-bond donors (Lipinski definition) is 0. The van der Waals surface area contributed by atoms with Crippen LogP contribution in [0.4, 0.5) is 0 Å². The number of ketones is 1. The predicted molar refractivity (Wildman–Crippen MR) is 74.7 cm³/mol. The SMILES string of the molecule is CCc1nn(C)c(CC(=O)CC(C)(C)OC)c1Br. The van der Waals surface area contributed by atoms with Gasteiger partial charge in [-0.2, -0.15) is 5.10 Å². The fourth-order valence-corrected chi connectivity index (χ4v) is 2.56. The molecule has 5 heteroatoms. The van der Waals surface area contributed by atoms with Crippen LogP contribution in [0, 0.1) is 0 Å². The number of halogens is 1. The Kier molecular flexibility index (Phi) is 5.10. The fourth-order valence-electron chi connectivity index (χ4n) is 1.81. The van der Waals surface area contributed by atoms with Gasteiger partial charge in [-0.05, 0) is 36.2 Å². The summed E-state index contributed by atoms with van der Waals surface area (Å²) in [5, 5.41) is 4.38. The number of carbonyl (C=O) groups excluding carboxylic acids is 1. The second-order valence-corrected chi connectivity index (χ2v) is 5.83. The van der Waals surface area contributed by atoms with Crippen LogP contribution >= 0.6 is 15.9 Å². The lowest BCUT2D eigenvalue weighted by molar-refractivity contribution is -0.123. The molecular weight excluding hydrogens is 296 g/mol. The number of rotatable bonds is 6. The third kappa shape index (κ3) is 3.65. The van der Waals surface area contributed by atoms with Crippen LogP contribution in [-0.2, 0) is 29.4 Å². The molecule has 0 saturated heterocycles. The Morgan fingerprint density at radius 2 is 2.11 bits per heavy atom. The number of hydrogen-bond acceptors (Lipinski definition) is 3. The van der Waals surface area contributed by atoms with Crippen molar-refractivity contribution in [2.45, 2.75) is 45.6 Å². The van der Waals surface area contributed by atoms with Crippen LogP contribution in [-0.4, -0.2) is 28.3 Å². The highest BCUT2D eigenvalue weighted by Gasteiger charge is 2.23. The van der Waals surface area contributed by atoms with Crippen molar-refractivity contribution < 1.29 is 9.53 Å². The molecule has 0 aliphatic carbocycles. The van der Waals surface area contributed by atoms with E-state index in [4.69, 9.17) is 4.74 Å². The molecule has 1 rings (SSSR count). The Morgan fingerprint density at radius 1 is 1.50 bits per heavy atom. The summed E-state index contributed by atoms with van der Waals surface area (Å²) >= 11 is 3.52. The van der Waals surface area contributed by atoms with Gasteiger partial charge in [0.25, 0.3) is 0 Å². The monoisotopic (exact) mass is 316 g/mol. The van der Waals surface area contributed by atoms with E-state index in [1.807, 2.05) is 27.8 Å². The highest BCUT2D eigenvalue weighted by Crippen LogP contribution is 2.23. The van der Waals surface area contributed by atoms with Gasteiger partial charge in [-0.1, -0.05) is 6.92 Å². The van der Waals surface area contributed by atoms with E-state index in [1.54, 1.807) is 11.8 Å². The van der Waals surface area contributed by atoms with Gasteiger partial charge in [-0.3, -0.25) is 9.48 Å². The van der Waals surface area contributed by atoms with Crippen molar-refractivity contribution in [3.8, 4) is 0 Å². The summed E-state index contributed by atoms with van der Waals surface area (Å²) in [7, 11) is 3.50. The number of ether oxygens (including phenoxy) is 1. The van der Waals surface area contributed by atoms with Gasteiger partial charge < -0.3 is 4.74 Å². The highest BCUT2D eigenvalue weighted by molar-refractivity contribution is 9.10. The maximum absolute atomic E-state index is 12.0. The molecule has 4 nitrogen and oxygen atoms in total. The molecule has 0 amide bonds. The minimum Gasteiger partial charge on any atom is -0.378 e. The average molecular weight is 317 g/mol. The molecule has 18 heavy (non-hydrogen) atoms. The lowest BCUT2D eigenvalue weighted by Crippen LogP contribution is -2.27. The molecule has 0 saturated carbocycles. The molecule has 102 valence electrons. The largest absolute Gasteiger partial charge is 0.378 e. The zero-order valence-electron chi connectivity index (χ0n) is 11.7. The first kappa shape index (κ1) is 15.4. The van der Waals surface area contributed by atoms with Crippen molar-refractivity contribution in [3.63, 3.8) is 0 Å². The van der Waals surface area contributed by atoms with E-state index in [0.717, 1.165) is 22.3 Å². The van der Waals surface area contributed by atoms with Gasteiger partial charge in [-0.15, -0.1) is 0 Å². The maximum Gasteiger partial charge on any atom is 0.141 e. The van der Waals surface area contributed by atoms with Crippen LogP contribution in [0.2, 0.25) is 0 Å². The van der Waals surface area contributed by atoms with Crippen molar-refractivity contribution in [1.29, 1.82) is 0 Å². The first-order valence-corrected chi connectivity index (χ1v) is 6.87. The van der Waals surface area contributed by atoms with Crippen LogP contribution in [0.5, 0.6) is 0 Å². The van der Waals surface area contributed by atoms with Gasteiger partial charge in [0, 0.05) is 27.0 Å². The standard InChI is InChI=1S/C13H21BrN2O2/c1-6-10-12(14)11(16(4)15-10)7-9(17)8-13(2,3)18-5/h6-8H2,1-5H3.